The lowest BCUT2D eigenvalue weighted by atomic mass is 10.1. The molecule has 0 radical (unpaired) electrons. The summed E-state index contributed by atoms with van der Waals surface area (Å²) in [6, 6.07) is 12.7. The number of aromatic nitrogens is 2. The fraction of sp³-hybridized carbons (Fsp3) is 0.174. The molecule has 5 rings (SSSR count). The number of ether oxygens (including phenoxy) is 1. The fourth-order valence-corrected chi connectivity index (χ4v) is 5.86. The standard InChI is InChI=1S/C23H20N4O5S2/c28-21-14-19(22(29)25-16-3-1-15(2-4-16)23-24-7-12-33-23)18-13-17(5-6-20(18)26-21)34(30,31)27-8-10-32-11-9-27/h1-7,12-14H,8-11H2,(H,25,29)(H,26,28). The van der Waals surface area contributed by atoms with Crippen LogP contribution in [0.25, 0.3) is 21.5 Å². The highest BCUT2D eigenvalue weighted by Crippen LogP contribution is 2.26. The molecule has 1 fully saturated rings. The Labute approximate surface area is 199 Å². The molecule has 34 heavy (non-hydrogen) atoms. The van der Waals surface area contributed by atoms with Crippen molar-refractivity contribution >= 4 is 43.9 Å². The highest BCUT2D eigenvalue weighted by atomic mass is 32.2. The summed E-state index contributed by atoms with van der Waals surface area (Å²) in [6.45, 7) is 1.18. The van der Waals surface area contributed by atoms with Gasteiger partial charge in [-0.2, -0.15) is 4.31 Å². The topological polar surface area (TPSA) is 121 Å². The first-order valence-electron chi connectivity index (χ1n) is 10.5. The molecule has 1 saturated heterocycles. The van der Waals surface area contributed by atoms with Gasteiger partial charge in [0, 0.05) is 52.9 Å². The lowest BCUT2D eigenvalue weighted by molar-refractivity contribution is 0.0730. The van der Waals surface area contributed by atoms with Crippen LogP contribution in [-0.4, -0.2) is 54.9 Å². The lowest BCUT2D eigenvalue weighted by Gasteiger charge is -2.26. The molecule has 0 bridgehead atoms. The molecule has 1 amide bonds. The molecule has 0 aliphatic carbocycles. The summed E-state index contributed by atoms with van der Waals surface area (Å²) in [6.07, 6.45) is 1.72. The lowest BCUT2D eigenvalue weighted by Crippen LogP contribution is -2.40. The van der Waals surface area contributed by atoms with Gasteiger partial charge in [0.15, 0.2) is 0 Å². The van der Waals surface area contributed by atoms with Gasteiger partial charge in [0.05, 0.1) is 23.7 Å². The second-order valence-corrected chi connectivity index (χ2v) is 10.5. The molecule has 0 unspecified atom stereocenters. The number of pyridine rings is 1. The van der Waals surface area contributed by atoms with Crippen LogP contribution in [0.1, 0.15) is 10.4 Å². The van der Waals surface area contributed by atoms with E-state index in [1.54, 1.807) is 18.3 Å². The summed E-state index contributed by atoms with van der Waals surface area (Å²) in [7, 11) is -3.77. The van der Waals surface area contributed by atoms with E-state index in [4.69, 9.17) is 4.74 Å². The van der Waals surface area contributed by atoms with E-state index in [0.29, 0.717) is 29.8 Å². The average Bonchev–Trinajstić information content (AvgIpc) is 3.39. The Hall–Kier alpha value is -3.38. The van der Waals surface area contributed by atoms with Crippen LogP contribution in [-0.2, 0) is 14.8 Å². The summed E-state index contributed by atoms with van der Waals surface area (Å²) in [4.78, 5) is 32.3. The van der Waals surface area contributed by atoms with E-state index in [1.165, 1.54) is 39.9 Å². The van der Waals surface area contributed by atoms with Gasteiger partial charge in [0.25, 0.3) is 5.91 Å². The van der Waals surface area contributed by atoms with Crippen LogP contribution in [0.3, 0.4) is 0 Å². The Morgan fingerprint density at radius 3 is 2.56 bits per heavy atom. The van der Waals surface area contributed by atoms with Crippen molar-refractivity contribution in [3.63, 3.8) is 0 Å². The molecular formula is C23H20N4O5S2. The molecular weight excluding hydrogens is 476 g/mol. The number of H-pyrrole nitrogens is 1. The highest BCUT2D eigenvalue weighted by molar-refractivity contribution is 7.89. The second-order valence-electron chi connectivity index (χ2n) is 7.64. The van der Waals surface area contributed by atoms with Crippen LogP contribution in [0.5, 0.6) is 0 Å². The van der Waals surface area contributed by atoms with Gasteiger partial charge in [-0.05, 0) is 42.5 Å². The number of carbonyl (C=O) groups excluding carboxylic acids is 1. The normalized spacial score (nSPS) is 14.8. The van der Waals surface area contributed by atoms with Crippen molar-refractivity contribution in [2.45, 2.75) is 4.90 Å². The van der Waals surface area contributed by atoms with Gasteiger partial charge < -0.3 is 15.0 Å². The third-order valence-electron chi connectivity index (χ3n) is 5.49. The van der Waals surface area contributed by atoms with Crippen LogP contribution in [0.15, 0.2) is 69.8 Å². The average molecular weight is 497 g/mol. The number of nitrogens with zero attached hydrogens (tertiary/aromatic N) is 2. The Balaban J connectivity index is 1.47. The van der Waals surface area contributed by atoms with Crippen molar-refractivity contribution in [1.29, 1.82) is 0 Å². The van der Waals surface area contributed by atoms with Gasteiger partial charge in [-0.15, -0.1) is 11.3 Å². The number of fused-ring (bicyclic) bond motifs is 1. The molecule has 2 aromatic heterocycles. The van der Waals surface area contributed by atoms with Crippen molar-refractivity contribution in [1.82, 2.24) is 14.3 Å². The van der Waals surface area contributed by atoms with Crippen molar-refractivity contribution in [3.05, 3.63) is 76.0 Å². The van der Waals surface area contributed by atoms with Gasteiger partial charge in [-0.3, -0.25) is 9.59 Å². The molecule has 2 N–H and O–H groups in total. The number of hydrogen-bond acceptors (Lipinski definition) is 7. The van der Waals surface area contributed by atoms with Crippen LogP contribution in [0.4, 0.5) is 5.69 Å². The number of rotatable bonds is 5. The summed E-state index contributed by atoms with van der Waals surface area (Å²) < 4.78 is 32.8. The van der Waals surface area contributed by atoms with E-state index in [2.05, 4.69) is 15.3 Å². The summed E-state index contributed by atoms with van der Waals surface area (Å²) in [5, 5.41) is 5.88. The number of hydrogen-bond donors (Lipinski definition) is 2. The molecule has 0 spiro atoms. The number of aromatic amines is 1. The van der Waals surface area contributed by atoms with E-state index in [0.717, 1.165) is 10.6 Å². The Morgan fingerprint density at radius 1 is 1.09 bits per heavy atom. The van der Waals surface area contributed by atoms with E-state index < -0.39 is 21.5 Å². The molecule has 4 aromatic rings. The first-order chi connectivity index (χ1) is 16.4. The number of carbonyl (C=O) groups is 1. The van der Waals surface area contributed by atoms with E-state index >= 15 is 0 Å². The second kappa shape index (κ2) is 9.11. The Morgan fingerprint density at radius 2 is 1.85 bits per heavy atom. The highest BCUT2D eigenvalue weighted by Gasteiger charge is 2.27. The number of amides is 1. The van der Waals surface area contributed by atoms with Crippen LogP contribution >= 0.6 is 11.3 Å². The van der Waals surface area contributed by atoms with Crippen LogP contribution < -0.4 is 10.9 Å². The van der Waals surface area contributed by atoms with Crippen LogP contribution in [0.2, 0.25) is 0 Å². The zero-order valence-corrected chi connectivity index (χ0v) is 19.5. The third-order valence-corrected chi connectivity index (χ3v) is 8.21. The minimum Gasteiger partial charge on any atom is -0.379 e. The van der Waals surface area contributed by atoms with E-state index in [9.17, 15) is 18.0 Å². The van der Waals surface area contributed by atoms with Gasteiger partial charge in [-0.1, -0.05) is 0 Å². The minimum atomic E-state index is -3.77. The molecule has 1 aliphatic heterocycles. The smallest absolute Gasteiger partial charge is 0.256 e. The number of benzene rings is 2. The summed E-state index contributed by atoms with van der Waals surface area (Å²) in [5.41, 5.74) is 1.46. The zero-order chi connectivity index (χ0) is 23.7. The van der Waals surface area contributed by atoms with E-state index in [1.807, 2.05) is 17.5 Å². The monoisotopic (exact) mass is 496 g/mol. The van der Waals surface area contributed by atoms with E-state index in [-0.39, 0.29) is 23.5 Å². The predicted molar refractivity (Wildman–Crippen MR) is 130 cm³/mol. The van der Waals surface area contributed by atoms with Crippen molar-refractivity contribution in [2.24, 2.45) is 0 Å². The SMILES string of the molecule is O=C(Nc1ccc(-c2nccs2)cc1)c1cc(=O)[nH]c2ccc(S(=O)(=O)N3CCOCC3)cc12. The molecule has 11 heteroatoms. The molecule has 0 atom stereocenters. The van der Waals surface area contributed by atoms with Crippen molar-refractivity contribution in [2.75, 3.05) is 31.6 Å². The predicted octanol–water partition coefficient (Wildman–Crippen LogP) is 2.92. The Kier molecular flexibility index (Phi) is 6.00. The number of morpholine rings is 1. The molecule has 0 saturated carbocycles. The first-order valence-corrected chi connectivity index (χ1v) is 12.8. The number of anilines is 1. The largest absolute Gasteiger partial charge is 0.379 e. The maximum atomic E-state index is 13.1. The fourth-order valence-electron chi connectivity index (χ4n) is 3.78. The maximum absolute atomic E-state index is 13.1. The van der Waals surface area contributed by atoms with Gasteiger partial charge in [0.2, 0.25) is 15.6 Å². The quantitative estimate of drug-likeness (QED) is 0.438. The van der Waals surface area contributed by atoms with Gasteiger partial charge in [-0.25, -0.2) is 13.4 Å². The van der Waals surface area contributed by atoms with Gasteiger partial charge in [0.1, 0.15) is 5.01 Å². The van der Waals surface area contributed by atoms with Crippen molar-refractivity contribution < 1.29 is 17.9 Å². The molecule has 174 valence electrons. The van der Waals surface area contributed by atoms with Crippen LogP contribution in [0, 0.1) is 0 Å². The summed E-state index contributed by atoms with van der Waals surface area (Å²) in [5.74, 6) is -0.515. The third kappa shape index (κ3) is 4.38. The maximum Gasteiger partial charge on any atom is 0.256 e. The minimum absolute atomic E-state index is 0.0517. The van der Waals surface area contributed by atoms with Gasteiger partial charge >= 0.3 is 0 Å². The Bertz CT molecular complexity index is 1510. The molecule has 1 aliphatic rings. The number of sulfonamides is 1. The van der Waals surface area contributed by atoms with Crippen molar-refractivity contribution in [3.8, 4) is 10.6 Å². The molecule has 2 aromatic carbocycles. The molecule has 3 heterocycles. The number of nitrogens with one attached hydrogen (secondary N) is 2. The molecule has 9 nitrogen and oxygen atoms in total. The number of thiazole rings is 1. The first kappa shape index (κ1) is 22.4. The summed E-state index contributed by atoms with van der Waals surface area (Å²) >= 11 is 1.51. The zero-order valence-electron chi connectivity index (χ0n) is 17.9.